The van der Waals surface area contributed by atoms with Crippen LogP contribution in [0.1, 0.15) is 31.0 Å². The van der Waals surface area contributed by atoms with Gasteiger partial charge in [0.05, 0.1) is 33.6 Å². The summed E-state index contributed by atoms with van der Waals surface area (Å²) in [6.45, 7) is 3.47. The number of halogens is 3. The van der Waals surface area contributed by atoms with Crippen molar-refractivity contribution in [2.75, 3.05) is 19.6 Å². The third-order valence-corrected chi connectivity index (χ3v) is 8.76. The number of sulfone groups is 1. The van der Waals surface area contributed by atoms with Crippen LogP contribution in [0.25, 0.3) is 0 Å². The Bertz CT molecular complexity index is 1660. The molecule has 1 fully saturated rings. The molecule has 1 aliphatic rings. The van der Waals surface area contributed by atoms with Gasteiger partial charge in [-0.3, -0.25) is 19.6 Å². The molecule has 1 aliphatic heterocycles. The number of hydrogen-bond acceptors (Lipinski definition) is 10. The van der Waals surface area contributed by atoms with Gasteiger partial charge in [0, 0.05) is 37.8 Å². The molecule has 1 aromatic heterocycles. The van der Waals surface area contributed by atoms with Gasteiger partial charge in [-0.05, 0) is 53.6 Å². The SMILES string of the molecule is CC=C[C@@H]1NCCN(CC(C)(O)Cn2cc([N+](=O)[O-])nc2S(=O)(=O)c2ccc([N+](=O)[O-])cc2)C1c1ccc(C(F)(F)F)cc1. The summed E-state index contributed by atoms with van der Waals surface area (Å²) < 4.78 is 67.4. The molecule has 0 saturated carbocycles. The Morgan fingerprint density at radius 2 is 1.70 bits per heavy atom. The molecule has 236 valence electrons. The summed E-state index contributed by atoms with van der Waals surface area (Å²) in [6.07, 6.45) is -0.0104. The van der Waals surface area contributed by atoms with Crippen LogP contribution in [0, 0.1) is 20.2 Å². The second-order valence-electron chi connectivity index (χ2n) is 10.6. The molecule has 2 aromatic carbocycles. The van der Waals surface area contributed by atoms with Crippen molar-refractivity contribution in [3.05, 3.63) is 98.2 Å². The number of rotatable bonds is 10. The van der Waals surface area contributed by atoms with Crippen LogP contribution in [0.4, 0.5) is 24.7 Å². The highest BCUT2D eigenvalue weighted by Gasteiger charge is 2.39. The molecule has 3 aromatic rings. The number of nitrogens with zero attached hydrogens (tertiary/aromatic N) is 5. The number of nitro benzene ring substituents is 1. The predicted octanol–water partition coefficient (Wildman–Crippen LogP) is 3.89. The highest BCUT2D eigenvalue weighted by molar-refractivity contribution is 7.91. The van der Waals surface area contributed by atoms with Crippen molar-refractivity contribution in [3.63, 3.8) is 0 Å². The van der Waals surface area contributed by atoms with E-state index in [1.54, 1.807) is 13.0 Å². The Morgan fingerprint density at radius 1 is 1.07 bits per heavy atom. The van der Waals surface area contributed by atoms with E-state index >= 15 is 0 Å². The van der Waals surface area contributed by atoms with E-state index in [-0.39, 0.29) is 18.3 Å². The predicted molar refractivity (Wildman–Crippen MR) is 150 cm³/mol. The summed E-state index contributed by atoms with van der Waals surface area (Å²) in [5, 5.41) is 36.6. The molecule has 2 heterocycles. The minimum absolute atomic E-state index is 0.0998. The summed E-state index contributed by atoms with van der Waals surface area (Å²) in [6, 6.07) is 7.73. The number of β-amino-alcohol motifs (C(OH)–C–C–N with tert-alkyl or cyclic N) is 1. The van der Waals surface area contributed by atoms with Crippen LogP contribution in [0.3, 0.4) is 0 Å². The van der Waals surface area contributed by atoms with Crippen LogP contribution < -0.4 is 5.32 Å². The summed E-state index contributed by atoms with van der Waals surface area (Å²) in [4.78, 5) is 26.0. The van der Waals surface area contributed by atoms with Crippen molar-refractivity contribution in [1.29, 1.82) is 0 Å². The number of alkyl halides is 3. The Kier molecular flexibility index (Phi) is 9.24. The molecule has 17 heteroatoms. The number of aliphatic hydroxyl groups is 1. The van der Waals surface area contributed by atoms with Gasteiger partial charge >= 0.3 is 17.2 Å². The fourth-order valence-electron chi connectivity index (χ4n) is 5.21. The number of allylic oxidation sites excluding steroid dienone is 1. The van der Waals surface area contributed by atoms with E-state index in [1.807, 2.05) is 11.0 Å². The minimum atomic E-state index is -4.53. The van der Waals surface area contributed by atoms with Gasteiger partial charge in [0.2, 0.25) is 0 Å². The van der Waals surface area contributed by atoms with E-state index in [4.69, 9.17) is 0 Å². The monoisotopic (exact) mass is 638 g/mol. The smallest absolute Gasteiger partial charge is 0.387 e. The second kappa shape index (κ2) is 12.4. The summed E-state index contributed by atoms with van der Waals surface area (Å²) in [5.41, 5.74) is -2.36. The molecular weight excluding hydrogens is 609 g/mol. The number of imidazole rings is 1. The number of nitro groups is 2. The molecule has 1 saturated heterocycles. The van der Waals surface area contributed by atoms with Gasteiger partial charge in [-0.25, -0.2) is 8.42 Å². The number of benzene rings is 2. The van der Waals surface area contributed by atoms with Gasteiger partial charge in [-0.2, -0.15) is 13.2 Å². The molecule has 2 unspecified atom stereocenters. The maximum absolute atomic E-state index is 13.4. The highest BCUT2D eigenvalue weighted by Crippen LogP contribution is 2.34. The van der Waals surface area contributed by atoms with Gasteiger partial charge in [0.25, 0.3) is 15.5 Å². The third-order valence-electron chi connectivity index (χ3n) is 7.06. The molecule has 13 nitrogen and oxygen atoms in total. The molecule has 0 spiro atoms. The quantitative estimate of drug-likeness (QED) is 0.188. The first-order valence-electron chi connectivity index (χ1n) is 13.2. The number of non-ortho nitro benzene ring substituents is 1. The van der Waals surface area contributed by atoms with Crippen molar-refractivity contribution in [2.24, 2.45) is 0 Å². The molecule has 44 heavy (non-hydrogen) atoms. The van der Waals surface area contributed by atoms with Crippen LogP contribution in [-0.2, 0) is 22.6 Å². The average molecular weight is 639 g/mol. The molecule has 0 amide bonds. The molecule has 3 atom stereocenters. The van der Waals surface area contributed by atoms with Crippen LogP contribution in [0.15, 0.2) is 76.9 Å². The first kappa shape index (κ1) is 32.7. The van der Waals surface area contributed by atoms with E-state index in [1.165, 1.54) is 19.1 Å². The van der Waals surface area contributed by atoms with E-state index < -0.39 is 65.5 Å². The fraction of sp³-hybridized carbons (Fsp3) is 0.370. The first-order chi connectivity index (χ1) is 20.5. The number of aromatic nitrogens is 2. The normalized spacial score (nSPS) is 19.6. The topological polar surface area (TPSA) is 174 Å². The second-order valence-corrected chi connectivity index (χ2v) is 12.4. The molecular formula is C27H29F3N6O7S. The highest BCUT2D eigenvalue weighted by atomic mass is 32.2. The van der Waals surface area contributed by atoms with E-state index in [0.717, 1.165) is 47.2 Å². The maximum atomic E-state index is 13.4. The maximum Gasteiger partial charge on any atom is 0.416 e. The zero-order valence-electron chi connectivity index (χ0n) is 23.5. The fourth-order valence-corrected chi connectivity index (χ4v) is 6.55. The minimum Gasteiger partial charge on any atom is -0.387 e. The standard InChI is InChI=1S/C27H29F3N6O7S/c1-3-4-22-24(18-5-7-19(8-6-18)27(28,29)30)33(14-13-31-22)16-26(2,37)17-34-15-23(36(40)41)32-25(34)44(42,43)21-11-9-20(10-12-21)35(38)39/h3-12,15,22,24,31,37H,13-14,16-17H2,1-2H3/t22-,24?,26?/m0/s1. The zero-order valence-corrected chi connectivity index (χ0v) is 24.3. The molecule has 0 bridgehead atoms. The Hall–Kier alpha value is -4.19. The van der Waals surface area contributed by atoms with Crippen molar-refractivity contribution >= 4 is 21.3 Å². The third kappa shape index (κ3) is 7.12. The van der Waals surface area contributed by atoms with Gasteiger partial charge in [-0.15, -0.1) is 0 Å². The molecule has 2 N–H and O–H groups in total. The summed E-state index contributed by atoms with van der Waals surface area (Å²) >= 11 is 0. The van der Waals surface area contributed by atoms with Crippen LogP contribution in [0.5, 0.6) is 0 Å². The van der Waals surface area contributed by atoms with Crippen molar-refractivity contribution in [1.82, 2.24) is 19.8 Å². The number of hydrogen-bond donors (Lipinski definition) is 2. The zero-order chi connectivity index (χ0) is 32.4. The average Bonchev–Trinajstić information content (AvgIpc) is 3.37. The number of nitrogens with one attached hydrogen (secondary N) is 1. The van der Waals surface area contributed by atoms with Gasteiger partial charge in [-0.1, -0.05) is 24.3 Å². The van der Waals surface area contributed by atoms with Gasteiger partial charge in [0.15, 0.2) is 0 Å². The molecule has 4 rings (SSSR count). The van der Waals surface area contributed by atoms with Crippen molar-refractivity contribution in [2.45, 2.75) is 54.3 Å². The largest absolute Gasteiger partial charge is 0.416 e. The van der Waals surface area contributed by atoms with E-state index in [0.29, 0.717) is 18.7 Å². The summed E-state index contributed by atoms with van der Waals surface area (Å²) in [7, 11) is -4.53. The lowest BCUT2D eigenvalue weighted by Crippen LogP contribution is -2.56. The van der Waals surface area contributed by atoms with Crippen LogP contribution in [0.2, 0.25) is 0 Å². The van der Waals surface area contributed by atoms with Gasteiger partial charge < -0.3 is 20.5 Å². The van der Waals surface area contributed by atoms with Gasteiger partial charge in [0.1, 0.15) is 6.20 Å². The number of piperazine rings is 1. The van der Waals surface area contributed by atoms with Crippen molar-refractivity contribution in [3.8, 4) is 0 Å². The van der Waals surface area contributed by atoms with Crippen LogP contribution in [-0.4, -0.2) is 69.1 Å². The molecule has 0 radical (unpaired) electrons. The summed E-state index contributed by atoms with van der Waals surface area (Å²) in [5.74, 6) is -0.792. The van der Waals surface area contributed by atoms with E-state index in [2.05, 4.69) is 10.3 Å². The lowest BCUT2D eigenvalue weighted by molar-refractivity contribution is -0.389. The van der Waals surface area contributed by atoms with Crippen LogP contribution >= 0.6 is 0 Å². The first-order valence-corrected chi connectivity index (χ1v) is 14.7. The Labute approximate surface area is 249 Å². The lowest BCUT2D eigenvalue weighted by Gasteiger charge is -2.44. The Balaban J connectivity index is 1.67. The van der Waals surface area contributed by atoms with Crippen molar-refractivity contribution < 1.29 is 36.5 Å². The lowest BCUT2D eigenvalue weighted by atomic mass is 9.92. The Morgan fingerprint density at radius 3 is 2.25 bits per heavy atom. The van der Waals surface area contributed by atoms with E-state index in [9.17, 15) is 46.9 Å². The molecule has 0 aliphatic carbocycles.